The van der Waals surface area contributed by atoms with Crippen LogP contribution in [0.3, 0.4) is 0 Å². The number of rotatable bonds is 3. The van der Waals surface area contributed by atoms with E-state index in [1.165, 1.54) is 13.2 Å². The summed E-state index contributed by atoms with van der Waals surface area (Å²) in [6.45, 7) is 1.93. The lowest BCUT2D eigenvalue weighted by atomic mass is 10.1. The lowest BCUT2D eigenvalue weighted by molar-refractivity contribution is 0.373. The van der Waals surface area contributed by atoms with E-state index in [0.29, 0.717) is 23.0 Å². The zero-order valence-corrected chi connectivity index (χ0v) is 11.6. The molecule has 0 spiro atoms. The minimum absolute atomic E-state index is 0.0230. The van der Waals surface area contributed by atoms with Gasteiger partial charge in [0.15, 0.2) is 11.5 Å². The van der Waals surface area contributed by atoms with Crippen molar-refractivity contribution in [3.05, 3.63) is 42.2 Å². The summed E-state index contributed by atoms with van der Waals surface area (Å²) < 4.78 is 10.3. The molecule has 0 amide bonds. The van der Waals surface area contributed by atoms with Crippen molar-refractivity contribution in [1.82, 2.24) is 15.1 Å². The number of benzene rings is 1. The second-order valence-corrected chi connectivity index (χ2v) is 4.50. The number of aromatic hydroxyl groups is 1. The first-order valence-electron chi connectivity index (χ1n) is 6.31. The molecule has 0 aliphatic heterocycles. The van der Waals surface area contributed by atoms with Crippen molar-refractivity contribution in [3.8, 4) is 34.3 Å². The molecule has 2 heterocycles. The maximum atomic E-state index is 9.80. The molecule has 0 aliphatic rings. The van der Waals surface area contributed by atoms with Gasteiger partial charge in [0, 0.05) is 23.5 Å². The summed E-state index contributed by atoms with van der Waals surface area (Å²) in [7, 11) is 1.49. The van der Waals surface area contributed by atoms with Crippen molar-refractivity contribution in [2.24, 2.45) is 0 Å². The van der Waals surface area contributed by atoms with Gasteiger partial charge in [0.2, 0.25) is 5.82 Å². The van der Waals surface area contributed by atoms with E-state index in [-0.39, 0.29) is 5.75 Å². The first-order chi connectivity index (χ1) is 10.2. The number of pyridine rings is 1. The first-order valence-corrected chi connectivity index (χ1v) is 6.31. The van der Waals surface area contributed by atoms with E-state index in [9.17, 15) is 5.11 Å². The molecule has 3 aromatic rings. The van der Waals surface area contributed by atoms with Crippen LogP contribution < -0.4 is 4.74 Å². The minimum atomic E-state index is 0.0230. The number of hydrogen-bond acceptors (Lipinski definition) is 6. The molecule has 0 radical (unpaired) electrons. The van der Waals surface area contributed by atoms with Gasteiger partial charge >= 0.3 is 0 Å². The van der Waals surface area contributed by atoms with Crippen LogP contribution >= 0.6 is 0 Å². The molecule has 2 aromatic heterocycles. The van der Waals surface area contributed by atoms with Crippen LogP contribution in [0, 0.1) is 6.92 Å². The van der Waals surface area contributed by atoms with Crippen molar-refractivity contribution >= 4 is 0 Å². The molecule has 3 rings (SSSR count). The number of aryl methyl sites for hydroxylation is 1. The Labute approximate surface area is 121 Å². The molecule has 106 valence electrons. The number of methoxy groups -OCH3 is 1. The van der Waals surface area contributed by atoms with Crippen LogP contribution in [-0.4, -0.2) is 27.3 Å². The Morgan fingerprint density at radius 3 is 2.81 bits per heavy atom. The molecule has 0 atom stereocenters. The van der Waals surface area contributed by atoms with Gasteiger partial charge in [-0.25, -0.2) is 0 Å². The zero-order valence-electron chi connectivity index (χ0n) is 11.6. The van der Waals surface area contributed by atoms with E-state index < -0.39 is 0 Å². The average Bonchev–Trinajstić information content (AvgIpc) is 2.97. The number of nitrogens with zero attached hydrogens (tertiary/aromatic N) is 3. The van der Waals surface area contributed by atoms with Crippen molar-refractivity contribution in [1.29, 1.82) is 0 Å². The van der Waals surface area contributed by atoms with Crippen molar-refractivity contribution in [2.45, 2.75) is 6.92 Å². The minimum Gasteiger partial charge on any atom is -0.504 e. The van der Waals surface area contributed by atoms with Crippen LogP contribution in [0.1, 0.15) is 5.56 Å². The van der Waals surface area contributed by atoms with Gasteiger partial charge in [-0.2, -0.15) is 4.98 Å². The van der Waals surface area contributed by atoms with E-state index in [1.807, 2.05) is 13.0 Å². The van der Waals surface area contributed by atoms with E-state index >= 15 is 0 Å². The number of aromatic nitrogens is 3. The second kappa shape index (κ2) is 5.24. The summed E-state index contributed by atoms with van der Waals surface area (Å²) >= 11 is 0. The summed E-state index contributed by atoms with van der Waals surface area (Å²) in [5.74, 6) is 1.23. The van der Waals surface area contributed by atoms with Crippen LogP contribution in [0.2, 0.25) is 0 Å². The van der Waals surface area contributed by atoms with Crippen LogP contribution in [-0.2, 0) is 0 Å². The van der Waals surface area contributed by atoms with Crippen LogP contribution in [0.5, 0.6) is 11.5 Å². The molecule has 6 nitrogen and oxygen atoms in total. The van der Waals surface area contributed by atoms with Crippen LogP contribution in [0.25, 0.3) is 22.8 Å². The Kier molecular flexibility index (Phi) is 3.27. The highest BCUT2D eigenvalue weighted by Crippen LogP contribution is 2.31. The topological polar surface area (TPSA) is 81.3 Å². The molecular formula is C15H13N3O3. The monoisotopic (exact) mass is 283 g/mol. The highest BCUT2D eigenvalue weighted by Gasteiger charge is 2.13. The second-order valence-electron chi connectivity index (χ2n) is 4.50. The third kappa shape index (κ3) is 2.43. The van der Waals surface area contributed by atoms with Crippen molar-refractivity contribution in [3.63, 3.8) is 0 Å². The fourth-order valence-electron chi connectivity index (χ4n) is 2.00. The molecule has 0 saturated carbocycles. The molecular weight excluding hydrogens is 270 g/mol. The first kappa shape index (κ1) is 13.1. The van der Waals surface area contributed by atoms with Gasteiger partial charge in [-0.3, -0.25) is 4.98 Å². The average molecular weight is 283 g/mol. The fourth-order valence-corrected chi connectivity index (χ4v) is 2.00. The van der Waals surface area contributed by atoms with Gasteiger partial charge in [-0.1, -0.05) is 5.16 Å². The summed E-state index contributed by atoms with van der Waals surface area (Å²) in [5.41, 5.74) is 2.44. The highest BCUT2D eigenvalue weighted by atomic mass is 16.5. The normalized spacial score (nSPS) is 10.6. The third-order valence-corrected chi connectivity index (χ3v) is 3.11. The predicted molar refractivity (Wildman–Crippen MR) is 75.9 cm³/mol. The summed E-state index contributed by atoms with van der Waals surface area (Å²) in [6.07, 6.45) is 3.42. The van der Waals surface area contributed by atoms with Gasteiger partial charge in [-0.15, -0.1) is 0 Å². The van der Waals surface area contributed by atoms with Gasteiger partial charge < -0.3 is 14.4 Å². The largest absolute Gasteiger partial charge is 0.504 e. The summed E-state index contributed by atoms with van der Waals surface area (Å²) in [5, 5.41) is 13.8. The molecule has 21 heavy (non-hydrogen) atoms. The van der Waals surface area contributed by atoms with Gasteiger partial charge in [0.1, 0.15) is 0 Å². The SMILES string of the molecule is COc1ccc(-c2nc(-c3ccncc3C)no2)cc1O. The lowest BCUT2D eigenvalue weighted by Gasteiger charge is -2.03. The molecule has 0 saturated heterocycles. The van der Waals surface area contributed by atoms with E-state index in [4.69, 9.17) is 9.26 Å². The molecule has 1 N–H and O–H groups in total. The summed E-state index contributed by atoms with van der Waals surface area (Å²) in [4.78, 5) is 8.38. The van der Waals surface area contributed by atoms with Crippen molar-refractivity contribution < 1.29 is 14.4 Å². The van der Waals surface area contributed by atoms with Gasteiger partial charge in [0.25, 0.3) is 5.89 Å². The van der Waals surface area contributed by atoms with Crippen LogP contribution in [0.4, 0.5) is 0 Å². The molecule has 0 bridgehead atoms. The maximum absolute atomic E-state index is 9.80. The Morgan fingerprint density at radius 1 is 1.24 bits per heavy atom. The molecule has 1 aromatic carbocycles. The quantitative estimate of drug-likeness (QED) is 0.796. The number of ether oxygens (including phenoxy) is 1. The zero-order chi connectivity index (χ0) is 14.8. The van der Waals surface area contributed by atoms with Crippen LogP contribution in [0.15, 0.2) is 41.2 Å². The summed E-state index contributed by atoms with van der Waals surface area (Å²) in [6, 6.07) is 6.74. The number of phenolic OH excluding ortho intramolecular Hbond substituents is 1. The highest BCUT2D eigenvalue weighted by molar-refractivity contribution is 5.64. The standard InChI is InChI=1S/C15H13N3O3/c1-9-8-16-6-5-11(9)14-17-15(21-18-14)10-3-4-13(20-2)12(19)7-10/h3-8,19H,1-2H3. The fraction of sp³-hybridized carbons (Fsp3) is 0.133. The van der Waals surface area contributed by atoms with E-state index in [1.54, 1.807) is 24.5 Å². The van der Waals surface area contributed by atoms with E-state index in [0.717, 1.165) is 11.1 Å². The van der Waals surface area contributed by atoms with Crippen molar-refractivity contribution in [2.75, 3.05) is 7.11 Å². The Hall–Kier alpha value is -2.89. The van der Waals surface area contributed by atoms with Gasteiger partial charge in [-0.05, 0) is 36.8 Å². The number of hydrogen-bond donors (Lipinski definition) is 1. The number of phenols is 1. The lowest BCUT2D eigenvalue weighted by Crippen LogP contribution is -1.87. The Bertz CT molecular complexity index is 783. The predicted octanol–water partition coefficient (Wildman–Crippen LogP) is 2.82. The van der Waals surface area contributed by atoms with E-state index in [2.05, 4.69) is 15.1 Å². The van der Waals surface area contributed by atoms with Gasteiger partial charge in [0.05, 0.1) is 7.11 Å². The molecule has 0 unspecified atom stereocenters. The Morgan fingerprint density at radius 2 is 2.10 bits per heavy atom. The third-order valence-electron chi connectivity index (χ3n) is 3.11. The molecule has 0 fully saturated rings. The molecule has 6 heteroatoms. The maximum Gasteiger partial charge on any atom is 0.258 e. The Balaban J connectivity index is 1.99. The smallest absolute Gasteiger partial charge is 0.258 e. The molecule has 0 aliphatic carbocycles.